The molecule has 5 nitrogen and oxygen atoms in total. The van der Waals surface area contributed by atoms with E-state index in [0.717, 1.165) is 40.7 Å². The van der Waals surface area contributed by atoms with Gasteiger partial charge in [0.05, 0.1) is 40.5 Å². The highest BCUT2D eigenvalue weighted by Crippen LogP contribution is 2.36. The predicted molar refractivity (Wildman–Crippen MR) is 132 cm³/mol. The van der Waals surface area contributed by atoms with E-state index in [0.29, 0.717) is 13.2 Å². The van der Waals surface area contributed by atoms with E-state index >= 15 is 0 Å². The van der Waals surface area contributed by atoms with Crippen molar-refractivity contribution in [2.24, 2.45) is 0 Å². The summed E-state index contributed by atoms with van der Waals surface area (Å²) in [5, 5.41) is 0. The van der Waals surface area contributed by atoms with Crippen molar-refractivity contribution in [1.29, 1.82) is 0 Å². The molecule has 1 aliphatic heterocycles. The highest BCUT2D eigenvalue weighted by atomic mass is 16.6. The summed E-state index contributed by atoms with van der Waals surface area (Å²) in [6.45, 7) is 2.88. The molecule has 5 heteroatoms. The number of esters is 1. The van der Waals surface area contributed by atoms with Crippen LogP contribution < -0.4 is 0 Å². The Labute approximate surface area is 202 Å². The molecule has 0 spiro atoms. The van der Waals surface area contributed by atoms with Gasteiger partial charge in [-0.1, -0.05) is 91.0 Å². The van der Waals surface area contributed by atoms with Gasteiger partial charge in [-0.15, -0.1) is 0 Å². The SMILES string of the molecule is C[N+]1(C)CCC(OC(=O)C(OCCOCc2ccccc2)(c2ccccc2)c2ccccc2)C1. The molecule has 0 N–H and O–H groups in total. The van der Waals surface area contributed by atoms with Crippen LogP contribution in [0.15, 0.2) is 91.0 Å². The summed E-state index contributed by atoms with van der Waals surface area (Å²) < 4.78 is 19.3. The maximum Gasteiger partial charge on any atom is 0.348 e. The Kier molecular flexibility index (Phi) is 7.78. The Morgan fingerprint density at radius 3 is 1.94 bits per heavy atom. The summed E-state index contributed by atoms with van der Waals surface area (Å²) in [5.74, 6) is -0.375. The molecule has 0 aliphatic carbocycles. The first kappa shape index (κ1) is 24.1. The van der Waals surface area contributed by atoms with E-state index in [1.807, 2.05) is 91.0 Å². The van der Waals surface area contributed by atoms with Crippen molar-refractivity contribution in [2.75, 3.05) is 40.4 Å². The number of hydrogen-bond donors (Lipinski definition) is 0. The van der Waals surface area contributed by atoms with E-state index in [9.17, 15) is 4.79 Å². The number of quaternary nitrogens is 1. The molecule has 0 aromatic heterocycles. The number of rotatable bonds is 10. The number of hydrogen-bond acceptors (Lipinski definition) is 4. The van der Waals surface area contributed by atoms with Crippen LogP contribution in [0.5, 0.6) is 0 Å². The molecule has 1 aliphatic rings. The normalized spacial score (nSPS) is 17.4. The third kappa shape index (κ3) is 5.73. The van der Waals surface area contributed by atoms with Crippen LogP contribution in [0.4, 0.5) is 0 Å². The zero-order valence-electron chi connectivity index (χ0n) is 20.1. The number of nitrogens with zero attached hydrogens (tertiary/aromatic N) is 1. The van der Waals surface area contributed by atoms with E-state index in [4.69, 9.17) is 14.2 Å². The highest BCUT2D eigenvalue weighted by molar-refractivity contribution is 5.86. The van der Waals surface area contributed by atoms with Crippen LogP contribution in [0, 0.1) is 0 Å². The second kappa shape index (κ2) is 11.0. The predicted octanol–water partition coefficient (Wildman–Crippen LogP) is 4.56. The van der Waals surface area contributed by atoms with E-state index in [1.54, 1.807) is 0 Å². The van der Waals surface area contributed by atoms with Gasteiger partial charge >= 0.3 is 5.97 Å². The highest BCUT2D eigenvalue weighted by Gasteiger charge is 2.47. The molecule has 1 saturated heterocycles. The first-order valence-electron chi connectivity index (χ1n) is 11.9. The van der Waals surface area contributed by atoms with Gasteiger partial charge in [-0.2, -0.15) is 0 Å². The third-order valence-electron chi connectivity index (χ3n) is 6.33. The largest absolute Gasteiger partial charge is 0.453 e. The standard InChI is InChI=1S/C29H34NO4/c1-30(2)19-18-27(22-30)34-28(31)29(25-14-8-4-9-15-25,26-16-10-5-11-17-26)33-21-20-32-23-24-12-6-3-7-13-24/h3-17,27H,18-23H2,1-2H3/q+1. The summed E-state index contributed by atoms with van der Waals surface area (Å²) >= 11 is 0. The van der Waals surface area contributed by atoms with Gasteiger partial charge in [-0.3, -0.25) is 0 Å². The monoisotopic (exact) mass is 460 g/mol. The number of carbonyl (C=O) groups excluding carboxylic acids is 1. The third-order valence-corrected chi connectivity index (χ3v) is 6.33. The molecule has 4 rings (SSSR count). The molecule has 1 atom stereocenters. The molecule has 0 bridgehead atoms. The second-order valence-electron chi connectivity index (χ2n) is 9.46. The summed E-state index contributed by atoms with van der Waals surface area (Å²) in [5.41, 5.74) is 1.24. The van der Waals surface area contributed by atoms with E-state index in [1.165, 1.54) is 0 Å². The molecule has 34 heavy (non-hydrogen) atoms. The van der Waals surface area contributed by atoms with Crippen molar-refractivity contribution >= 4 is 5.97 Å². The Bertz CT molecular complexity index is 998. The van der Waals surface area contributed by atoms with E-state index in [-0.39, 0.29) is 18.7 Å². The van der Waals surface area contributed by atoms with Crippen LogP contribution in [0.2, 0.25) is 0 Å². The lowest BCUT2D eigenvalue weighted by molar-refractivity contribution is -0.879. The van der Waals surface area contributed by atoms with Gasteiger partial charge in [-0.05, 0) is 16.7 Å². The maximum atomic E-state index is 13.9. The molecule has 178 valence electrons. The quantitative estimate of drug-likeness (QED) is 0.253. The number of likely N-dealkylation sites (tertiary alicyclic amines) is 1. The van der Waals surface area contributed by atoms with Gasteiger partial charge in [0.15, 0.2) is 6.10 Å². The van der Waals surface area contributed by atoms with Gasteiger partial charge < -0.3 is 18.7 Å². The fourth-order valence-electron chi connectivity index (χ4n) is 4.55. The van der Waals surface area contributed by atoms with Gasteiger partial charge in [0, 0.05) is 6.42 Å². The van der Waals surface area contributed by atoms with Crippen molar-refractivity contribution in [3.63, 3.8) is 0 Å². The van der Waals surface area contributed by atoms with Crippen LogP contribution >= 0.6 is 0 Å². The zero-order chi connectivity index (χ0) is 23.9. The molecule has 0 radical (unpaired) electrons. The summed E-state index contributed by atoms with van der Waals surface area (Å²) in [6.07, 6.45) is 0.714. The number of benzene rings is 3. The van der Waals surface area contributed by atoms with Gasteiger partial charge in [0.1, 0.15) is 6.54 Å². The Morgan fingerprint density at radius 1 is 0.853 bits per heavy atom. The fourth-order valence-corrected chi connectivity index (χ4v) is 4.55. The number of carbonyl (C=O) groups is 1. The zero-order valence-corrected chi connectivity index (χ0v) is 20.1. The van der Waals surface area contributed by atoms with E-state index in [2.05, 4.69) is 14.1 Å². The number of likely N-dealkylation sites (N-methyl/N-ethyl adjacent to an activating group) is 1. The van der Waals surface area contributed by atoms with E-state index < -0.39 is 5.60 Å². The second-order valence-corrected chi connectivity index (χ2v) is 9.46. The van der Waals surface area contributed by atoms with Crippen molar-refractivity contribution in [3.8, 4) is 0 Å². The Hall–Kier alpha value is -2.99. The summed E-state index contributed by atoms with van der Waals surface area (Å²) in [7, 11) is 4.33. The van der Waals surface area contributed by atoms with Crippen molar-refractivity contribution in [2.45, 2.75) is 24.7 Å². The van der Waals surface area contributed by atoms with Crippen LogP contribution in [0.1, 0.15) is 23.1 Å². The topological polar surface area (TPSA) is 44.8 Å². The fraction of sp³-hybridized carbons (Fsp3) is 0.345. The van der Waals surface area contributed by atoms with Crippen LogP contribution in [-0.4, -0.2) is 57.0 Å². The minimum atomic E-state index is -1.36. The Balaban J connectivity index is 1.57. The molecular formula is C29H34NO4+. The van der Waals surface area contributed by atoms with Crippen LogP contribution in [-0.2, 0) is 31.2 Å². The molecule has 1 fully saturated rings. The van der Waals surface area contributed by atoms with Crippen molar-refractivity contribution in [1.82, 2.24) is 0 Å². The van der Waals surface area contributed by atoms with Crippen LogP contribution in [0.25, 0.3) is 0 Å². The maximum absolute atomic E-state index is 13.9. The molecule has 3 aromatic rings. The van der Waals surface area contributed by atoms with Gasteiger partial charge in [0.25, 0.3) is 0 Å². The average Bonchev–Trinajstić information content (AvgIpc) is 3.21. The lowest BCUT2D eigenvalue weighted by Gasteiger charge is -2.33. The molecule has 3 aromatic carbocycles. The Morgan fingerprint density at radius 2 is 1.41 bits per heavy atom. The average molecular weight is 461 g/mol. The van der Waals surface area contributed by atoms with Crippen LogP contribution in [0.3, 0.4) is 0 Å². The molecule has 1 heterocycles. The molecule has 0 amide bonds. The smallest absolute Gasteiger partial charge is 0.348 e. The van der Waals surface area contributed by atoms with Crippen molar-refractivity contribution in [3.05, 3.63) is 108 Å². The summed E-state index contributed by atoms with van der Waals surface area (Å²) in [4.78, 5) is 13.9. The first-order chi connectivity index (χ1) is 16.5. The van der Waals surface area contributed by atoms with Crippen molar-refractivity contribution < 1.29 is 23.5 Å². The van der Waals surface area contributed by atoms with Gasteiger partial charge in [0.2, 0.25) is 5.60 Å². The summed E-state index contributed by atoms with van der Waals surface area (Å²) in [6, 6.07) is 29.3. The van der Waals surface area contributed by atoms with Gasteiger partial charge in [-0.25, -0.2) is 4.79 Å². The minimum Gasteiger partial charge on any atom is -0.453 e. The number of ether oxygens (including phenoxy) is 3. The minimum absolute atomic E-state index is 0.132. The molecular weight excluding hydrogens is 426 g/mol. The first-order valence-corrected chi connectivity index (χ1v) is 11.9. The molecule has 1 unspecified atom stereocenters. The lowest BCUT2D eigenvalue weighted by atomic mass is 9.86. The molecule has 0 saturated carbocycles. The lowest BCUT2D eigenvalue weighted by Crippen LogP contribution is -2.45.